The fourth-order valence-corrected chi connectivity index (χ4v) is 1.83. The predicted octanol–water partition coefficient (Wildman–Crippen LogP) is 3.36. The van der Waals surface area contributed by atoms with Gasteiger partial charge in [0.1, 0.15) is 0 Å². The Hall–Kier alpha value is -0.990. The maximum Gasteiger partial charge on any atom is 0.0738 e. The van der Waals surface area contributed by atoms with Crippen molar-refractivity contribution in [1.82, 2.24) is 4.98 Å². The number of rotatable bonds is 3. The van der Waals surface area contributed by atoms with Crippen molar-refractivity contribution in [2.24, 2.45) is 0 Å². The molecule has 0 aliphatic rings. The monoisotopic (exact) mass is 209 g/mol. The zero-order valence-corrected chi connectivity index (χ0v) is 8.77. The van der Waals surface area contributed by atoms with Crippen molar-refractivity contribution in [1.29, 1.82) is 0 Å². The fraction of sp³-hybridized carbons (Fsp3) is 0.273. The third-order valence-electron chi connectivity index (χ3n) is 2.20. The summed E-state index contributed by atoms with van der Waals surface area (Å²) in [5, 5.41) is 1.85. The molecule has 0 atom stereocenters. The highest BCUT2D eigenvalue weighted by Crippen LogP contribution is 2.26. The lowest BCUT2D eigenvalue weighted by Crippen LogP contribution is -1.90. The van der Waals surface area contributed by atoms with Crippen LogP contribution >= 0.6 is 11.6 Å². The molecule has 1 aromatic carbocycles. The molecule has 0 aliphatic carbocycles. The number of aromatic amines is 1. The highest BCUT2D eigenvalue weighted by molar-refractivity contribution is 6.35. The Bertz CT molecular complexity index is 436. The van der Waals surface area contributed by atoms with Crippen LogP contribution in [0.3, 0.4) is 0 Å². The number of hydrogen-bond acceptors (Lipinski definition) is 1. The van der Waals surface area contributed by atoms with E-state index in [0.717, 1.165) is 28.1 Å². The van der Waals surface area contributed by atoms with E-state index in [1.54, 1.807) is 0 Å². The second-order valence-electron chi connectivity index (χ2n) is 3.11. The Morgan fingerprint density at radius 3 is 3.07 bits per heavy atom. The molecule has 0 saturated carbocycles. The van der Waals surface area contributed by atoms with Crippen molar-refractivity contribution in [3.63, 3.8) is 0 Å². The van der Waals surface area contributed by atoms with Gasteiger partial charge in [0.15, 0.2) is 0 Å². The summed E-state index contributed by atoms with van der Waals surface area (Å²) in [6.07, 6.45) is 1.95. The summed E-state index contributed by atoms with van der Waals surface area (Å²) in [4.78, 5) is 3.17. The van der Waals surface area contributed by atoms with Gasteiger partial charge in [-0.2, -0.15) is 0 Å². The van der Waals surface area contributed by atoms with E-state index >= 15 is 0 Å². The van der Waals surface area contributed by atoms with Crippen molar-refractivity contribution in [3.8, 4) is 0 Å². The zero-order chi connectivity index (χ0) is 9.97. The molecule has 1 N–H and O–H groups in total. The third kappa shape index (κ3) is 1.63. The number of fused-ring (bicyclic) bond motifs is 1. The van der Waals surface area contributed by atoms with Crippen molar-refractivity contribution >= 4 is 22.5 Å². The van der Waals surface area contributed by atoms with Crippen LogP contribution in [-0.2, 0) is 11.3 Å². The molecule has 74 valence electrons. The molecule has 2 rings (SSSR count). The number of halogens is 1. The first-order valence-electron chi connectivity index (χ1n) is 4.65. The number of ether oxygens (including phenoxy) is 1. The van der Waals surface area contributed by atoms with Gasteiger partial charge >= 0.3 is 0 Å². The average molecular weight is 210 g/mol. The van der Waals surface area contributed by atoms with Crippen LogP contribution in [0.5, 0.6) is 0 Å². The smallest absolute Gasteiger partial charge is 0.0738 e. The standard InChI is InChI=1S/C11H12ClNO/c1-2-14-7-8-6-13-10-5-3-4-9(12)11(8)10/h3-6,13H,2,7H2,1H3. The largest absolute Gasteiger partial charge is 0.377 e. The van der Waals surface area contributed by atoms with Gasteiger partial charge < -0.3 is 9.72 Å². The molecule has 2 nitrogen and oxygen atoms in total. The van der Waals surface area contributed by atoms with Crippen LogP contribution in [0.1, 0.15) is 12.5 Å². The minimum absolute atomic E-state index is 0.611. The van der Waals surface area contributed by atoms with Crippen molar-refractivity contribution in [2.75, 3.05) is 6.61 Å². The maximum atomic E-state index is 6.11. The van der Waals surface area contributed by atoms with Crippen molar-refractivity contribution in [2.45, 2.75) is 13.5 Å². The van der Waals surface area contributed by atoms with E-state index in [-0.39, 0.29) is 0 Å². The summed E-state index contributed by atoms with van der Waals surface area (Å²) in [6, 6.07) is 5.84. The maximum absolute atomic E-state index is 6.11. The lowest BCUT2D eigenvalue weighted by Gasteiger charge is -2.00. The molecule has 0 amide bonds. The molecule has 0 bridgehead atoms. The minimum atomic E-state index is 0.611. The first-order chi connectivity index (χ1) is 6.83. The zero-order valence-electron chi connectivity index (χ0n) is 8.01. The van der Waals surface area contributed by atoms with Crippen LogP contribution in [0.2, 0.25) is 5.02 Å². The van der Waals surface area contributed by atoms with Crippen LogP contribution in [-0.4, -0.2) is 11.6 Å². The second-order valence-corrected chi connectivity index (χ2v) is 3.52. The number of nitrogens with one attached hydrogen (secondary N) is 1. The highest BCUT2D eigenvalue weighted by atomic mass is 35.5. The lowest BCUT2D eigenvalue weighted by molar-refractivity contribution is 0.135. The lowest BCUT2D eigenvalue weighted by atomic mass is 10.2. The molecule has 0 fully saturated rings. The van der Waals surface area contributed by atoms with E-state index in [9.17, 15) is 0 Å². The van der Waals surface area contributed by atoms with Crippen molar-refractivity contribution < 1.29 is 4.74 Å². The molecule has 0 unspecified atom stereocenters. The quantitative estimate of drug-likeness (QED) is 0.824. The molecule has 1 aromatic heterocycles. The summed E-state index contributed by atoms with van der Waals surface area (Å²) in [5.74, 6) is 0. The van der Waals surface area contributed by atoms with Gasteiger partial charge in [0.05, 0.1) is 11.6 Å². The molecule has 1 heterocycles. The van der Waals surface area contributed by atoms with Crippen LogP contribution < -0.4 is 0 Å². The van der Waals surface area contributed by atoms with Gasteiger partial charge in [-0.25, -0.2) is 0 Å². The van der Waals surface area contributed by atoms with Gasteiger partial charge in [-0.1, -0.05) is 17.7 Å². The van der Waals surface area contributed by atoms with Crippen LogP contribution in [0.25, 0.3) is 10.9 Å². The number of benzene rings is 1. The van der Waals surface area contributed by atoms with E-state index in [1.165, 1.54) is 0 Å². The first-order valence-corrected chi connectivity index (χ1v) is 5.03. The summed E-state index contributed by atoms with van der Waals surface area (Å²) in [5.41, 5.74) is 2.18. The second kappa shape index (κ2) is 4.03. The van der Waals surface area contributed by atoms with E-state index < -0.39 is 0 Å². The van der Waals surface area contributed by atoms with Gasteiger partial charge in [0, 0.05) is 29.3 Å². The van der Waals surface area contributed by atoms with Gasteiger partial charge in [-0.05, 0) is 19.1 Å². The molecule has 0 aliphatic heterocycles. The Balaban J connectivity index is 2.45. The SMILES string of the molecule is CCOCc1c[nH]c2cccc(Cl)c12. The third-order valence-corrected chi connectivity index (χ3v) is 2.51. The van der Waals surface area contributed by atoms with E-state index in [1.807, 2.05) is 31.3 Å². The molecule has 3 heteroatoms. The van der Waals surface area contributed by atoms with Crippen LogP contribution in [0, 0.1) is 0 Å². The van der Waals surface area contributed by atoms with Gasteiger partial charge in [-0.15, -0.1) is 0 Å². The fourth-order valence-electron chi connectivity index (χ4n) is 1.53. The topological polar surface area (TPSA) is 25.0 Å². The minimum Gasteiger partial charge on any atom is -0.377 e. The van der Waals surface area contributed by atoms with E-state index in [0.29, 0.717) is 6.61 Å². The summed E-state index contributed by atoms with van der Waals surface area (Å²) < 4.78 is 5.36. The van der Waals surface area contributed by atoms with Gasteiger partial charge in [0.2, 0.25) is 0 Å². The predicted molar refractivity (Wildman–Crippen MR) is 58.6 cm³/mol. The molecule has 14 heavy (non-hydrogen) atoms. The molecular weight excluding hydrogens is 198 g/mol. The Morgan fingerprint density at radius 2 is 2.29 bits per heavy atom. The number of H-pyrrole nitrogens is 1. The van der Waals surface area contributed by atoms with Crippen molar-refractivity contribution in [3.05, 3.63) is 35.0 Å². The first kappa shape index (κ1) is 9.56. The van der Waals surface area contributed by atoms with Gasteiger partial charge in [-0.3, -0.25) is 0 Å². The summed E-state index contributed by atoms with van der Waals surface area (Å²) in [6.45, 7) is 3.31. The normalized spacial score (nSPS) is 11.0. The summed E-state index contributed by atoms with van der Waals surface area (Å²) >= 11 is 6.11. The van der Waals surface area contributed by atoms with Crippen LogP contribution in [0.4, 0.5) is 0 Å². The number of aromatic nitrogens is 1. The molecular formula is C11H12ClNO. The molecule has 2 aromatic rings. The summed E-state index contributed by atoms with van der Waals surface area (Å²) in [7, 11) is 0. The van der Waals surface area contributed by atoms with Gasteiger partial charge in [0.25, 0.3) is 0 Å². The molecule has 0 saturated heterocycles. The molecule has 0 radical (unpaired) electrons. The number of hydrogen-bond donors (Lipinski definition) is 1. The van der Waals surface area contributed by atoms with Crippen LogP contribution in [0.15, 0.2) is 24.4 Å². The Labute approximate surface area is 87.8 Å². The average Bonchev–Trinajstić information content (AvgIpc) is 2.59. The van der Waals surface area contributed by atoms with E-state index in [2.05, 4.69) is 4.98 Å². The molecule has 0 spiro atoms. The highest BCUT2D eigenvalue weighted by Gasteiger charge is 2.06. The van der Waals surface area contributed by atoms with E-state index in [4.69, 9.17) is 16.3 Å². The Morgan fingerprint density at radius 1 is 1.43 bits per heavy atom. The Kier molecular flexibility index (Phi) is 2.75.